The van der Waals surface area contributed by atoms with Crippen LogP contribution >= 0.6 is 0 Å². The van der Waals surface area contributed by atoms with E-state index in [1.807, 2.05) is 0 Å². The number of para-hydroxylation sites is 1. The average molecular weight is 176 g/mol. The number of hydrogen-bond donors (Lipinski definition) is 1. The molecule has 1 aromatic rings. The minimum atomic E-state index is -0.290. The van der Waals surface area contributed by atoms with Crippen LogP contribution in [0.25, 0.3) is 0 Å². The summed E-state index contributed by atoms with van der Waals surface area (Å²) in [5.74, 6) is 1.16. The Hall–Kier alpha value is -1.86. The van der Waals surface area contributed by atoms with Crippen LogP contribution in [-0.2, 0) is 4.79 Å². The lowest BCUT2D eigenvalue weighted by molar-refractivity contribution is 0.0993. The molecule has 0 unspecified atom stereocenters. The van der Waals surface area contributed by atoms with E-state index < -0.39 is 0 Å². The summed E-state index contributed by atoms with van der Waals surface area (Å²) in [6, 6.07) is 6.22. The van der Waals surface area contributed by atoms with Crippen LogP contribution in [0, 0.1) is 0 Å². The van der Waals surface area contributed by atoms with Gasteiger partial charge in [-0.05, 0) is 12.1 Å². The molecule has 3 heteroatoms. The molecule has 0 aliphatic heterocycles. The van der Waals surface area contributed by atoms with Crippen LogP contribution in [0.3, 0.4) is 0 Å². The monoisotopic (exact) mass is 176 g/mol. The largest absolute Gasteiger partial charge is 0.507 e. The third-order valence-corrected chi connectivity index (χ3v) is 1.58. The lowest BCUT2D eigenvalue weighted by Crippen LogP contribution is -1.96. The number of aromatic hydroxyl groups is 1. The van der Waals surface area contributed by atoms with Gasteiger partial charge in [-0.2, -0.15) is 0 Å². The van der Waals surface area contributed by atoms with E-state index >= 15 is 0 Å². The lowest BCUT2D eigenvalue weighted by Gasteiger charge is -1.99. The Morgan fingerprint density at radius 3 is 2.77 bits per heavy atom. The van der Waals surface area contributed by atoms with E-state index in [0.717, 1.165) is 6.08 Å². The quantitative estimate of drug-likeness (QED) is 0.558. The highest BCUT2D eigenvalue weighted by atomic mass is 16.3. The standard InChI is InChI=1S/C10H8O3/c11-7-3-6-10(13)8-4-1-2-5-9(8)12/h1-5,12H,6H2. The summed E-state index contributed by atoms with van der Waals surface area (Å²) in [5.41, 5.74) is 0.231. The zero-order valence-corrected chi connectivity index (χ0v) is 6.86. The van der Waals surface area contributed by atoms with Gasteiger partial charge in [0.1, 0.15) is 11.7 Å². The number of allylic oxidation sites excluding steroid dienone is 1. The zero-order valence-electron chi connectivity index (χ0n) is 6.86. The van der Waals surface area contributed by atoms with Crippen LogP contribution in [0.4, 0.5) is 0 Å². The molecule has 0 fully saturated rings. The summed E-state index contributed by atoms with van der Waals surface area (Å²) >= 11 is 0. The van der Waals surface area contributed by atoms with Crippen molar-refractivity contribution in [2.75, 3.05) is 0 Å². The number of Topliss-reactive ketones (excluding diaryl/α,β-unsaturated/α-hetero) is 1. The molecule has 1 N–H and O–H groups in total. The maximum Gasteiger partial charge on any atom is 0.171 e. The van der Waals surface area contributed by atoms with Gasteiger partial charge < -0.3 is 5.11 Å². The summed E-state index contributed by atoms with van der Waals surface area (Å²) < 4.78 is 0. The maximum absolute atomic E-state index is 11.3. The van der Waals surface area contributed by atoms with Gasteiger partial charge in [-0.25, -0.2) is 4.79 Å². The molecule has 0 heterocycles. The normalized spacial score (nSPS) is 8.92. The zero-order chi connectivity index (χ0) is 9.68. The number of carbonyl (C=O) groups excluding carboxylic acids is 2. The van der Waals surface area contributed by atoms with Gasteiger partial charge in [-0.1, -0.05) is 12.1 Å². The number of ketones is 1. The van der Waals surface area contributed by atoms with Gasteiger partial charge in [-0.3, -0.25) is 4.79 Å². The number of phenolic OH excluding ortho intramolecular Hbond substituents is 1. The van der Waals surface area contributed by atoms with E-state index in [-0.39, 0.29) is 23.5 Å². The molecule has 1 rings (SSSR count). The fourth-order valence-corrected chi connectivity index (χ4v) is 0.954. The fourth-order valence-electron chi connectivity index (χ4n) is 0.954. The molecule has 0 bridgehead atoms. The summed E-state index contributed by atoms with van der Waals surface area (Å²) in [6.07, 6.45) is 1.07. The number of phenols is 1. The van der Waals surface area contributed by atoms with E-state index in [1.54, 1.807) is 12.1 Å². The first kappa shape index (κ1) is 9.23. The van der Waals surface area contributed by atoms with E-state index in [1.165, 1.54) is 18.1 Å². The molecule has 0 spiro atoms. The van der Waals surface area contributed by atoms with Gasteiger partial charge in [0.2, 0.25) is 0 Å². The Balaban J connectivity index is 2.88. The SMILES string of the molecule is O=C=CCC(=O)c1ccccc1O. The first-order chi connectivity index (χ1) is 6.25. The smallest absolute Gasteiger partial charge is 0.171 e. The second kappa shape index (κ2) is 4.24. The first-order valence-corrected chi connectivity index (χ1v) is 3.76. The van der Waals surface area contributed by atoms with Crippen molar-refractivity contribution in [1.29, 1.82) is 0 Å². The van der Waals surface area contributed by atoms with Gasteiger partial charge in [0.15, 0.2) is 5.78 Å². The Kier molecular flexibility index (Phi) is 3.01. The van der Waals surface area contributed by atoms with Crippen molar-refractivity contribution in [2.24, 2.45) is 0 Å². The van der Waals surface area contributed by atoms with E-state index in [0.29, 0.717) is 0 Å². The third-order valence-electron chi connectivity index (χ3n) is 1.58. The van der Waals surface area contributed by atoms with Crippen molar-refractivity contribution in [3.8, 4) is 5.75 Å². The van der Waals surface area contributed by atoms with Crippen LogP contribution in [0.5, 0.6) is 5.75 Å². The minimum absolute atomic E-state index is 0.0267. The third kappa shape index (κ3) is 2.29. The molecule has 0 aliphatic carbocycles. The van der Waals surface area contributed by atoms with Crippen LogP contribution in [-0.4, -0.2) is 16.8 Å². The van der Waals surface area contributed by atoms with Gasteiger partial charge in [0.25, 0.3) is 0 Å². The second-order valence-electron chi connectivity index (χ2n) is 2.47. The molecule has 0 aliphatic rings. The average Bonchev–Trinajstić information content (AvgIpc) is 2.15. The van der Waals surface area contributed by atoms with Gasteiger partial charge in [0, 0.05) is 12.5 Å². The van der Waals surface area contributed by atoms with Crippen LogP contribution < -0.4 is 0 Å². The summed E-state index contributed by atoms with van der Waals surface area (Å²) in [5, 5.41) is 9.25. The molecule has 0 radical (unpaired) electrons. The van der Waals surface area contributed by atoms with Gasteiger partial charge >= 0.3 is 0 Å². The van der Waals surface area contributed by atoms with E-state index in [9.17, 15) is 14.7 Å². The molecule has 13 heavy (non-hydrogen) atoms. The molecule has 0 aromatic heterocycles. The maximum atomic E-state index is 11.3. The highest BCUT2D eigenvalue weighted by molar-refractivity contribution is 5.99. The fraction of sp³-hybridized carbons (Fsp3) is 0.100. The summed E-state index contributed by atoms with van der Waals surface area (Å²) in [7, 11) is 0. The second-order valence-corrected chi connectivity index (χ2v) is 2.47. The summed E-state index contributed by atoms with van der Waals surface area (Å²) in [6.45, 7) is 0. The highest BCUT2D eigenvalue weighted by Crippen LogP contribution is 2.17. The topological polar surface area (TPSA) is 54.4 Å². The van der Waals surface area contributed by atoms with Crippen molar-refractivity contribution >= 4 is 11.7 Å². The van der Waals surface area contributed by atoms with Gasteiger partial charge in [-0.15, -0.1) is 0 Å². The Morgan fingerprint density at radius 1 is 1.46 bits per heavy atom. The molecule has 0 atom stereocenters. The molecule has 0 saturated carbocycles. The molecule has 0 saturated heterocycles. The predicted octanol–water partition coefficient (Wildman–Crippen LogP) is 1.35. The molecule has 0 amide bonds. The number of rotatable bonds is 3. The number of carbonyl (C=O) groups is 1. The Bertz CT molecular complexity index is 362. The minimum Gasteiger partial charge on any atom is -0.507 e. The van der Waals surface area contributed by atoms with Crippen LogP contribution in [0.15, 0.2) is 30.3 Å². The van der Waals surface area contributed by atoms with Crippen molar-refractivity contribution in [3.05, 3.63) is 35.9 Å². The van der Waals surface area contributed by atoms with E-state index in [4.69, 9.17) is 0 Å². The van der Waals surface area contributed by atoms with Crippen molar-refractivity contribution < 1.29 is 14.7 Å². The molecule has 66 valence electrons. The van der Waals surface area contributed by atoms with Crippen molar-refractivity contribution in [2.45, 2.75) is 6.42 Å². The first-order valence-electron chi connectivity index (χ1n) is 3.76. The summed E-state index contributed by atoms with van der Waals surface area (Å²) in [4.78, 5) is 21.1. The molecule has 3 nitrogen and oxygen atoms in total. The number of benzene rings is 1. The van der Waals surface area contributed by atoms with Crippen LogP contribution in [0.2, 0.25) is 0 Å². The lowest BCUT2D eigenvalue weighted by atomic mass is 10.1. The van der Waals surface area contributed by atoms with E-state index in [2.05, 4.69) is 0 Å². The molecular weight excluding hydrogens is 168 g/mol. The molecule has 1 aromatic carbocycles. The Morgan fingerprint density at radius 2 is 2.15 bits per heavy atom. The van der Waals surface area contributed by atoms with Crippen molar-refractivity contribution in [3.63, 3.8) is 0 Å². The highest BCUT2D eigenvalue weighted by Gasteiger charge is 2.07. The molecular formula is C10H8O3. The predicted molar refractivity (Wildman–Crippen MR) is 47.3 cm³/mol. The number of hydrogen-bond acceptors (Lipinski definition) is 3. The Labute approximate surface area is 75.3 Å². The van der Waals surface area contributed by atoms with Gasteiger partial charge in [0.05, 0.1) is 5.56 Å². The van der Waals surface area contributed by atoms with Crippen molar-refractivity contribution in [1.82, 2.24) is 0 Å². The van der Waals surface area contributed by atoms with Crippen LogP contribution in [0.1, 0.15) is 16.8 Å².